The molecule has 0 saturated carbocycles. The highest BCUT2D eigenvalue weighted by Gasteiger charge is 2.27. The molecule has 1 fully saturated rings. The van der Waals surface area contributed by atoms with Crippen LogP contribution >= 0.6 is 0 Å². The van der Waals surface area contributed by atoms with Gasteiger partial charge in [0.25, 0.3) is 5.91 Å². The number of carbonyl (C=O) groups is 1. The van der Waals surface area contributed by atoms with Crippen molar-refractivity contribution >= 4 is 5.91 Å². The first kappa shape index (κ1) is 10.2. The highest BCUT2D eigenvalue weighted by Crippen LogP contribution is 2.18. The van der Waals surface area contributed by atoms with E-state index >= 15 is 0 Å². The van der Waals surface area contributed by atoms with Gasteiger partial charge in [0.1, 0.15) is 0 Å². The van der Waals surface area contributed by atoms with Crippen molar-refractivity contribution in [3.8, 4) is 0 Å². The van der Waals surface area contributed by atoms with Crippen LogP contribution in [0.1, 0.15) is 29.8 Å². The molecule has 0 radical (unpaired) electrons. The Morgan fingerprint density at radius 1 is 1.60 bits per heavy atom. The van der Waals surface area contributed by atoms with E-state index in [1.54, 1.807) is 12.1 Å². The quantitative estimate of drug-likeness (QED) is 0.795. The molecule has 0 bridgehead atoms. The van der Waals surface area contributed by atoms with Crippen LogP contribution in [0.25, 0.3) is 0 Å². The Morgan fingerprint density at radius 3 is 3.13 bits per heavy atom. The summed E-state index contributed by atoms with van der Waals surface area (Å²) in [5.74, 6) is 0.380. The van der Waals surface area contributed by atoms with Crippen LogP contribution in [0.4, 0.5) is 0 Å². The summed E-state index contributed by atoms with van der Waals surface area (Å²) in [5.41, 5.74) is 5.66. The number of likely N-dealkylation sites (tertiary alicyclic amines) is 1. The summed E-state index contributed by atoms with van der Waals surface area (Å²) in [7, 11) is 0. The molecule has 0 spiro atoms. The number of piperidine rings is 1. The topological polar surface area (TPSA) is 59.5 Å². The van der Waals surface area contributed by atoms with Crippen LogP contribution in [0.2, 0.25) is 0 Å². The van der Waals surface area contributed by atoms with Gasteiger partial charge < -0.3 is 15.1 Å². The predicted molar refractivity (Wildman–Crippen MR) is 56.4 cm³/mol. The van der Waals surface area contributed by atoms with Gasteiger partial charge in [-0.3, -0.25) is 4.79 Å². The minimum Gasteiger partial charge on any atom is -0.459 e. The van der Waals surface area contributed by atoms with Crippen LogP contribution in [-0.4, -0.2) is 29.9 Å². The molecule has 15 heavy (non-hydrogen) atoms. The summed E-state index contributed by atoms with van der Waals surface area (Å²) in [4.78, 5) is 13.8. The summed E-state index contributed by atoms with van der Waals surface area (Å²) >= 11 is 0. The Bertz CT molecular complexity index is 321. The molecule has 1 atom stereocenters. The predicted octanol–water partition coefficient (Wildman–Crippen LogP) is 1.23. The molecule has 1 saturated heterocycles. The number of hydrogen-bond donors (Lipinski definition) is 1. The standard InChI is InChI=1S/C11H16N2O2/c12-8-9-4-1-2-6-13(9)11(14)10-5-3-7-15-10/h3,5,7,9H,1-2,4,6,8,12H2/t9-/m1/s1. The molecule has 2 heterocycles. The fraction of sp³-hybridized carbons (Fsp3) is 0.545. The van der Waals surface area contributed by atoms with Crippen molar-refractivity contribution in [3.63, 3.8) is 0 Å². The molecule has 0 aromatic carbocycles. The summed E-state index contributed by atoms with van der Waals surface area (Å²) in [6, 6.07) is 3.61. The van der Waals surface area contributed by atoms with Crippen molar-refractivity contribution < 1.29 is 9.21 Å². The highest BCUT2D eigenvalue weighted by atomic mass is 16.3. The lowest BCUT2D eigenvalue weighted by atomic mass is 10.0. The zero-order valence-electron chi connectivity index (χ0n) is 8.69. The van der Waals surface area contributed by atoms with Crippen LogP contribution in [0.5, 0.6) is 0 Å². The van der Waals surface area contributed by atoms with Gasteiger partial charge in [0, 0.05) is 19.1 Å². The van der Waals surface area contributed by atoms with E-state index in [4.69, 9.17) is 10.2 Å². The minimum absolute atomic E-state index is 0.0323. The lowest BCUT2D eigenvalue weighted by Crippen LogP contribution is -2.47. The van der Waals surface area contributed by atoms with E-state index in [0.717, 1.165) is 25.8 Å². The van der Waals surface area contributed by atoms with Gasteiger partial charge in [-0.2, -0.15) is 0 Å². The van der Waals surface area contributed by atoms with Crippen molar-refractivity contribution in [3.05, 3.63) is 24.2 Å². The Labute approximate surface area is 89.0 Å². The number of carbonyl (C=O) groups excluding carboxylic acids is 1. The SMILES string of the molecule is NC[C@H]1CCCCN1C(=O)c1ccco1. The van der Waals surface area contributed by atoms with Gasteiger partial charge in [-0.05, 0) is 31.4 Å². The Balaban J connectivity index is 2.11. The fourth-order valence-corrected chi connectivity index (χ4v) is 2.05. The van der Waals surface area contributed by atoms with E-state index < -0.39 is 0 Å². The summed E-state index contributed by atoms with van der Waals surface area (Å²) < 4.78 is 5.11. The van der Waals surface area contributed by atoms with Gasteiger partial charge in [0.2, 0.25) is 0 Å². The number of nitrogens with two attached hydrogens (primary N) is 1. The molecule has 2 rings (SSSR count). The minimum atomic E-state index is -0.0323. The van der Waals surface area contributed by atoms with Gasteiger partial charge in [-0.1, -0.05) is 0 Å². The first-order chi connectivity index (χ1) is 7.33. The Kier molecular flexibility index (Phi) is 3.06. The normalized spacial score (nSPS) is 21.7. The molecule has 1 aromatic heterocycles. The number of furan rings is 1. The van der Waals surface area contributed by atoms with Crippen LogP contribution in [0, 0.1) is 0 Å². The number of hydrogen-bond acceptors (Lipinski definition) is 3. The maximum atomic E-state index is 12.0. The molecule has 0 aliphatic carbocycles. The van der Waals surface area contributed by atoms with Crippen LogP contribution in [0.3, 0.4) is 0 Å². The van der Waals surface area contributed by atoms with Gasteiger partial charge in [0.15, 0.2) is 5.76 Å². The second-order valence-corrected chi connectivity index (χ2v) is 3.86. The van der Waals surface area contributed by atoms with Gasteiger partial charge in [0.05, 0.1) is 6.26 Å². The van der Waals surface area contributed by atoms with E-state index in [1.165, 1.54) is 6.26 Å². The van der Waals surface area contributed by atoms with Gasteiger partial charge in [-0.25, -0.2) is 0 Å². The Hall–Kier alpha value is -1.29. The summed E-state index contributed by atoms with van der Waals surface area (Å²) in [6.07, 6.45) is 4.74. The van der Waals surface area contributed by atoms with Crippen LogP contribution < -0.4 is 5.73 Å². The first-order valence-electron chi connectivity index (χ1n) is 5.37. The molecule has 4 nitrogen and oxygen atoms in total. The average Bonchev–Trinajstić information content (AvgIpc) is 2.81. The molecule has 1 amide bonds. The maximum Gasteiger partial charge on any atom is 0.289 e. The average molecular weight is 208 g/mol. The van der Waals surface area contributed by atoms with E-state index in [9.17, 15) is 4.79 Å². The Morgan fingerprint density at radius 2 is 2.47 bits per heavy atom. The van der Waals surface area contributed by atoms with Crippen LogP contribution in [0.15, 0.2) is 22.8 Å². The molecule has 2 N–H and O–H groups in total. The van der Waals surface area contributed by atoms with E-state index in [0.29, 0.717) is 12.3 Å². The summed E-state index contributed by atoms with van der Waals surface area (Å²) in [6.45, 7) is 1.33. The third-order valence-electron chi connectivity index (χ3n) is 2.89. The molecule has 4 heteroatoms. The largest absolute Gasteiger partial charge is 0.459 e. The van der Waals surface area contributed by atoms with Crippen molar-refractivity contribution in [1.29, 1.82) is 0 Å². The van der Waals surface area contributed by atoms with Gasteiger partial charge in [-0.15, -0.1) is 0 Å². The number of amides is 1. The maximum absolute atomic E-state index is 12.0. The molecule has 82 valence electrons. The molecule has 1 aromatic rings. The van der Waals surface area contributed by atoms with Crippen molar-refractivity contribution in [2.75, 3.05) is 13.1 Å². The van der Waals surface area contributed by atoms with Crippen molar-refractivity contribution in [2.24, 2.45) is 5.73 Å². The van der Waals surface area contributed by atoms with Crippen molar-refractivity contribution in [2.45, 2.75) is 25.3 Å². The van der Waals surface area contributed by atoms with E-state index in [2.05, 4.69) is 0 Å². The van der Waals surface area contributed by atoms with E-state index in [1.807, 2.05) is 4.90 Å². The fourth-order valence-electron chi connectivity index (χ4n) is 2.05. The molecule has 1 aliphatic heterocycles. The zero-order chi connectivity index (χ0) is 10.7. The van der Waals surface area contributed by atoms with Gasteiger partial charge >= 0.3 is 0 Å². The highest BCUT2D eigenvalue weighted by molar-refractivity contribution is 5.91. The molecule has 0 unspecified atom stereocenters. The third-order valence-corrected chi connectivity index (χ3v) is 2.89. The van der Waals surface area contributed by atoms with E-state index in [-0.39, 0.29) is 11.9 Å². The second kappa shape index (κ2) is 4.49. The lowest BCUT2D eigenvalue weighted by molar-refractivity contribution is 0.0591. The summed E-state index contributed by atoms with van der Waals surface area (Å²) in [5, 5.41) is 0. The third kappa shape index (κ3) is 2.04. The monoisotopic (exact) mass is 208 g/mol. The smallest absolute Gasteiger partial charge is 0.289 e. The number of rotatable bonds is 2. The zero-order valence-corrected chi connectivity index (χ0v) is 8.69. The molecular formula is C11H16N2O2. The number of nitrogens with zero attached hydrogens (tertiary/aromatic N) is 1. The van der Waals surface area contributed by atoms with Crippen LogP contribution in [-0.2, 0) is 0 Å². The first-order valence-corrected chi connectivity index (χ1v) is 5.37. The lowest BCUT2D eigenvalue weighted by Gasteiger charge is -2.34. The molecule has 1 aliphatic rings. The molecular weight excluding hydrogens is 192 g/mol. The van der Waals surface area contributed by atoms with Crippen molar-refractivity contribution in [1.82, 2.24) is 4.90 Å². The second-order valence-electron chi connectivity index (χ2n) is 3.86.